The summed E-state index contributed by atoms with van der Waals surface area (Å²) in [6.07, 6.45) is 6.79. The second-order valence-corrected chi connectivity index (χ2v) is 6.61. The number of rotatable bonds is 4. The summed E-state index contributed by atoms with van der Waals surface area (Å²) in [4.78, 5) is 15.3. The molecule has 0 N–H and O–H groups in total. The van der Waals surface area contributed by atoms with Crippen LogP contribution in [0.3, 0.4) is 0 Å². The fourth-order valence-corrected chi connectivity index (χ4v) is 3.33. The highest BCUT2D eigenvalue weighted by atomic mass is 32.1. The molecule has 8 nitrogen and oxygen atoms in total. The fourth-order valence-electron chi connectivity index (χ4n) is 2.83. The molecule has 0 spiro atoms. The van der Waals surface area contributed by atoms with Gasteiger partial charge in [0.05, 0.1) is 12.4 Å². The minimum Gasteiger partial charge on any atom is -0.473 e. The molecule has 0 unspecified atom stereocenters. The maximum Gasteiger partial charge on any atom is 0.231 e. The van der Waals surface area contributed by atoms with E-state index in [9.17, 15) is 0 Å². The molecule has 1 saturated heterocycles. The Morgan fingerprint density at radius 1 is 1.27 bits per heavy atom. The van der Waals surface area contributed by atoms with E-state index in [-0.39, 0.29) is 6.10 Å². The highest BCUT2D eigenvalue weighted by molar-refractivity contribution is 7.12. The first-order valence-corrected chi connectivity index (χ1v) is 9.07. The van der Waals surface area contributed by atoms with E-state index in [1.807, 2.05) is 0 Å². The van der Waals surface area contributed by atoms with Crippen molar-refractivity contribution < 1.29 is 4.74 Å². The van der Waals surface area contributed by atoms with Gasteiger partial charge in [0, 0.05) is 32.1 Å². The zero-order chi connectivity index (χ0) is 17.8. The normalized spacial score (nSPS) is 14.8. The van der Waals surface area contributed by atoms with E-state index >= 15 is 0 Å². The van der Waals surface area contributed by atoms with Gasteiger partial charge in [0.15, 0.2) is 5.01 Å². The van der Waals surface area contributed by atoms with Gasteiger partial charge in [0.1, 0.15) is 34.8 Å². The molecule has 130 valence electrons. The lowest BCUT2D eigenvalue weighted by atomic mass is 10.1. The van der Waals surface area contributed by atoms with Crippen molar-refractivity contribution in [3.63, 3.8) is 0 Å². The number of anilines is 1. The van der Waals surface area contributed by atoms with Crippen LogP contribution >= 0.6 is 11.3 Å². The molecule has 0 aromatic carbocycles. The Hall–Kier alpha value is -3.12. The maximum absolute atomic E-state index is 9.14. The first-order valence-electron chi connectivity index (χ1n) is 8.19. The minimum atomic E-state index is 0.0348. The summed E-state index contributed by atoms with van der Waals surface area (Å²) in [5.41, 5.74) is 2.88. The highest BCUT2D eigenvalue weighted by Gasteiger charge is 2.23. The Morgan fingerprint density at radius 3 is 2.92 bits per heavy atom. The molecule has 0 aliphatic carbocycles. The number of piperidine rings is 1. The van der Waals surface area contributed by atoms with E-state index in [1.165, 1.54) is 11.3 Å². The molecule has 0 atom stereocenters. The molecule has 1 fully saturated rings. The molecule has 4 rings (SSSR count). The molecule has 3 aromatic heterocycles. The van der Waals surface area contributed by atoms with E-state index in [1.54, 1.807) is 36.2 Å². The van der Waals surface area contributed by atoms with Crippen LogP contribution in [0.15, 0.2) is 36.2 Å². The molecule has 3 aromatic rings. The zero-order valence-corrected chi connectivity index (χ0v) is 14.6. The molecular formula is C17H15N7OS. The van der Waals surface area contributed by atoms with Crippen molar-refractivity contribution in [3.05, 3.63) is 41.8 Å². The van der Waals surface area contributed by atoms with Gasteiger partial charge in [0.25, 0.3) is 0 Å². The number of nitrogens with zero attached hydrogens (tertiary/aromatic N) is 7. The SMILES string of the molecule is N#Cc1cccnc1OC1CCN(c2cncc(-c3nncs3)n2)CC1. The third-order valence-electron chi connectivity index (χ3n) is 4.14. The van der Waals surface area contributed by atoms with Crippen LogP contribution in [0.1, 0.15) is 18.4 Å². The van der Waals surface area contributed by atoms with Gasteiger partial charge >= 0.3 is 0 Å². The lowest BCUT2D eigenvalue weighted by Gasteiger charge is -2.32. The van der Waals surface area contributed by atoms with E-state index in [0.29, 0.717) is 11.4 Å². The Labute approximate surface area is 154 Å². The lowest BCUT2D eigenvalue weighted by molar-refractivity contribution is 0.163. The molecule has 0 bridgehead atoms. The van der Waals surface area contributed by atoms with Crippen LogP contribution in [-0.4, -0.2) is 44.3 Å². The summed E-state index contributed by atoms with van der Waals surface area (Å²) in [6.45, 7) is 1.60. The van der Waals surface area contributed by atoms with Crippen LogP contribution in [0, 0.1) is 11.3 Å². The summed E-state index contributed by atoms with van der Waals surface area (Å²) < 4.78 is 5.93. The van der Waals surface area contributed by atoms with Crippen LogP contribution in [-0.2, 0) is 0 Å². The van der Waals surface area contributed by atoms with E-state index in [2.05, 4.69) is 36.1 Å². The Bertz CT molecular complexity index is 917. The van der Waals surface area contributed by atoms with Gasteiger partial charge in [-0.1, -0.05) is 11.3 Å². The smallest absolute Gasteiger partial charge is 0.231 e. The zero-order valence-electron chi connectivity index (χ0n) is 13.8. The quantitative estimate of drug-likeness (QED) is 0.694. The summed E-state index contributed by atoms with van der Waals surface area (Å²) >= 11 is 1.44. The van der Waals surface area contributed by atoms with Gasteiger partial charge in [-0.2, -0.15) is 5.26 Å². The molecule has 0 amide bonds. The van der Waals surface area contributed by atoms with Crippen molar-refractivity contribution in [2.24, 2.45) is 0 Å². The maximum atomic E-state index is 9.14. The predicted octanol–water partition coefficient (Wildman–Crippen LogP) is 2.31. The van der Waals surface area contributed by atoms with Gasteiger partial charge in [-0.25, -0.2) is 9.97 Å². The van der Waals surface area contributed by atoms with Crippen molar-refractivity contribution in [2.75, 3.05) is 18.0 Å². The Kier molecular flexibility index (Phi) is 4.66. The molecule has 26 heavy (non-hydrogen) atoms. The van der Waals surface area contributed by atoms with E-state index in [4.69, 9.17) is 10.00 Å². The average Bonchev–Trinajstić information content (AvgIpc) is 3.24. The third kappa shape index (κ3) is 3.45. The molecule has 1 aliphatic rings. The van der Waals surface area contributed by atoms with Crippen LogP contribution in [0.25, 0.3) is 10.7 Å². The Morgan fingerprint density at radius 2 is 2.15 bits per heavy atom. The number of ether oxygens (including phenoxy) is 1. The van der Waals surface area contributed by atoms with Gasteiger partial charge < -0.3 is 9.64 Å². The standard InChI is InChI=1S/C17H15N7OS/c18-8-12-2-1-5-20-16(12)25-13-3-6-24(7-4-13)15-10-19-9-14(22-15)17-23-21-11-26-17/h1-2,5,9-11,13H,3-4,6-7H2. The summed E-state index contributed by atoms with van der Waals surface area (Å²) in [6, 6.07) is 5.56. The number of nitriles is 1. The van der Waals surface area contributed by atoms with Crippen molar-refractivity contribution in [1.82, 2.24) is 25.1 Å². The monoisotopic (exact) mass is 365 g/mol. The first kappa shape index (κ1) is 16.4. The van der Waals surface area contributed by atoms with Crippen molar-refractivity contribution in [2.45, 2.75) is 18.9 Å². The molecule has 0 saturated carbocycles. The molecule has 0 radical (unpaired) electrons. The van der Waals surface area contributed by atoms with Crippen molar-refractivity contribution >= 4 is 17.2 Å². The largest absolute Gasteiger partial charge is 0.473 e. The van der Waals surface area contributed by atoms with Crippen LogP contribution in [0.5, 0.6) is 5.88 Å². The first-order chi connectivity index (χ1) is 12.8. The van der Waals surface area contributed by atoms with Crippen molar-refractivity contribution in [1.29, 1.82) is 5.26 Å². The minimum absolute atomic E-state index is 0.0348. The Balaban J connectivity index is 1.41. The van der Waals surface area contributed by atoms with Crippen LogP contribution in [0.2, 0.25) is 0 Å². The van der Waals surface area contributed by atoms with E-state index < -0.39 is 0 Å². The van der Waals surface area contributed by atoms with Crippen molar-refractivity contribution in [3.8, 4) is 22.7 Å². The van der Waals surface area contributed by atoms with Gasteiger partial charge in [-0.3, -0.25) is 4.98 Å². The van der Waals surface area contributed by atoms with Gasteiger partial charge in [-0.15, -0.1) is 10.2 Å². The van der Waals surface area contributed by atoms with Crippen LogP contribution in [0.4, 0.5) is 5.82 Å². The molecule has 9 heteroatoms. The number of pyridine rings is 1. The van der Waals surface area contributed by atoms with E-state index in [0.717, 1.165) is 42.5 Å². The number of hydrogen-bond donors (Lipinski definition) is 0. The molecule has 1 aliphatic heterocycles. The highest BCUT2D eigenvalue weighted by Crippen LogP contribution is 2.24. The summed E-state index contributed by atoms with van der Waals surface area (Å²) in [5.74, 6) is 1.23. The summed E-state index contributed by atoms with van der Waals surface area (Å²) in [7, 11) is 0. The second kappa shape index (κ2) is 7.41. The average molecular weight is 365 g/mol. The third-order valence-corrected chi connectivity index (χ3v) is 4.85. The topological polar surface area (TPSA) is 101 Å². The number of hydrogen-bond acceptors (Lipinski definition) is 9. The fraction of sp³-hybridized carbons (Fsp3) is 0.294. The molecule has 4 heterocycles. The van der Waals surface area contributed by atoms with Crippen LogP contribution < -0.4 is 9.64 Å². The molecular weight excluding hydrogens is 350 g/mol. The number of aromatic nitrogens is 5. The van der Waals surface area contributed by atoms with Gasteiger partial charge in [-0.05, 0) is 12.1 Å². The summed E-state index contributed by atoms with van der Waals surface area (Å²) in [5, 5.41) is 17.8. The lowest BCUT2D eigenvalue weighted by Crippen LogP contribution is -2.39. The predicted molar refractivity (Wildman–Crippen MR) is 95.8 cm³/mol. The van der Waals surface area contributed by atoms with Gasteiger partial charge in [0.2, 0.25) is 5.88 Å². The second-order valence-electron chi connectivity index (χ2n) is 5.78.